The van der Waals surface area contributed by atoms with Gasteiger partial charge in [-0.2, -0.15) is 0 Å². The summed E-state index contributed by atoms with van der Waals surface area (Å²) >= 11 is 0. The number of hydrogen-bond donors (Lipinski definition) is 0. The third-order valence-corrected chi connectivity index (χ3v) is 11.5. The van der Waals surface area contributed by atoms with Crippen LogP contribution in [-0.4, -0.2) is 15.0 Å². The average Bonchev–Trinajstić information content (AvgIpc) is 3.20. The topological polar surface area (TPSA) is 38.7 Å². The Morgan fingerprint density at radius 3 is 1.52 bits per heavy atom. The maximum atomic E-state index is 5.15. The number of fused-ring (bicyclic) bond motifs is 4. The van der Waals surface area contributed by atoms with Crippen LogP contribution in [0.4, 0.5) is 0 Å². The molecule has 3 nitrogen and oxygen atoms in total. The number of benzene rings is 7. The summed E-state index contributed by atoms with van der Waals surface area (Å²) < 4.78 is 0. The van der Waals surface area contributed by atoms with Crippen molar-refractivity contribution in [2.24, 2.45) is 0 Å². The fourth-order valence-corrected chi connectivity index (χ4v) is 7.79. The Hall–Kier alpha value is -6.19. The van der Waals surface area contributed by atoms with Gasteiger partial charge in [0.2, 0.25) is 0 Å². The van der Waals surface area contributed by atoms with Crippen molar-refractivity contribution in [1.29, 1.82) is 0 Å². The summed E-state index contributed by atoms with van der Waals surface area (Å²) in [4.78, 5) is 15.3. The lowest BCUT2D eigenvalue weighted by molar-refractivity contribution is 0.299. The van der Waals surface area contributed by atoms with Crippen molar-refractivity contribution < 1.29 is 0 Å². The van der Waals surface area contributed by atoms with Crippen LogP contribution in [0.25, 0.3) is 78.3 Å². The molecule has 1 heterocycles. The van der Waals surface area contributed by atoms with Gasteiger partial charge >= 0.3 is 0 Å². The van der Waals surface area contributed by atoms with Gasteiger partial charge in [0.05, 0.1) is 0 Å². The second-order valence-corrected chi connectivity index (χ2v) is 15.0. The summed E-state index contributed by atoms with van der Waals surface area (Å²) in [5.41, 5.74) is 12.7. The van der Waals surface area contributed by atoms with Gasteiger partial charge in [-0.1, -0.05) is 167 Å². The monoisotopic (exact) mass is 669 g/mol. The summed E-state index contributed by atoms with van der Waals surface area (Å²) in [7, 11) is 0. The second-order valence-electron chi connectivity index (χ2n) is 15.0. The Balaban J connectivity index is 1.19. The van der Waals surface area contributed by atoms with E-state index in [2.05, 4.69) is 173 Å². The number of aromatic nitrogens is 3. The minimum Gasteiger partial charge on any atom is -0.208 e. The first-order valence-electron chi connectivity index (χ1n) is 18.0. The highest BCUT2D eigenvalue weighted by Crippen LogP contribution is 2.55. The molecule has 9 rings (SSSR count). The smallest absolute Gasteiger partial charge is 0.164 e. The van der Waals surface area contributed by atoms with Gasteiger partial charge in [0.15, 0.2) is 17.5 Å². The molecule has 3 heteroatoms. The maximum Gasteiger partial charge on any atom is 0.164 e. The van der Waals surface area contributed by atoms with Crippen LogP contribution in [0.3, 0.4) is 0 Å². The second kappa shape index (κ2) is 12.2. The van der Waals surface area contributed by atoms with Crippen LogP contribution >= 0.6 is 0 Å². The molecule has 0 bridgehead atoms. The van der Waals surface area contributed by atoms with Crippen molar-refractivity contribution in [3.8, 4) is 67.5 Å². The molecule has 0 saturated carbocycles. The highest BCUT2D eigenvalue weighted by molar-refractivity contribution is 5.87. The number of hydrogen-bond acceptors (Lipinski definition) is 3. The average molecular weight is 670 g/mol. The van der Waals surface area contributed by atoms with E-state index in [9.17, 15) is 0 Å². The molecule has 0 amide bonds. The van der Waals surface area contributed by atoms with Crippen molar-refractivity contribution in [2.45, 2.75) is 38.5 Å². The van der Waals surface area contributed by atoms with Crippen LogP contribution in [0.5, 0.6) is 0 Å². The van der Waals surface area contributed by atoms with E-state index in [-0.39, 0.29) is 10.8 Å². The third kappa shape index (κ3) is 5.32. The number of rotatable bonds is 5. The molecular weight excluding hydrogens is 631 g/mol. The van der Waals surface area contributed by atoms with Crippen LogP contribution in [0.15, 0.2) is 164 Å². The molecule has 1 aliphatic carbocycles. The minimum absolute atomic E-state index is 0.136. The molecule has 0 unspecified atom stereocenters. The summed E-state index contributed by atoms with van der Waals surface area (Å²) in [6.07, 6.45) is 0. The predicted molar refractivity (Wildman–Crippen MR) is 216 cm³/mol. The molecule has 8 aromatic rings. The zero-order valence-corrected chi connectivity index (χ0v) is 29.9. The van der Waals surface area contributed by atoms with E-state index in [1.165, 1.54) is 49.9 Å². The first kappa shape index (κ1) is 31.8. The Morgan fingerprint density at radius 2 is 0.808 bits per heavy atom. The molecule has 250 valence electrons. The summed E-state index contributed by atoms with van der Waals surface area (Å²) in [5.74, 6) is 2.00. The maximum absolute atomic E-state index is 5.15. The molecule has 1 aliphatic rings. The highest BCUT2D eigenvalue weighted by Gasteiger charge is 2.46. The van der Waals surface area contributed by atoms with Crippen LogP contribution in [0, 0.1) is 0 Å². The van der Waals surface area contributed by atoms with E-state index in [1.54, 1.807) is 0 Å². The Morgan fingerprint density at radius 1 is 0.308 bits per heavy atom. The van der Waals surface area contributed by atoms with E-state index in [0.29, 0.717) is 17.5 Å². The molecular formula is C49H39N3. The van der Waals surface area contributed by atoms with Gasteiger partial charge < -0.3 is 0 Å². The molecule has 7 aromatic carbocycles. The Bertz CT molecular complexity index is 2620. The van der Waals surface area contributed by atoms with Gasteiger partial charge in [-0.05, 0) is 90.4 Å². The molecule has 0 saturated heterocycles. The Labute approximate surface area is 305 Å². The summed E-state index contributed by atoms with van der Waals surface area (Å²) in [6, 6.07) is 58.3. The standard InChI is InChI=1S/C49H39N3/c1-48(2)43-27-25-38(37-21-13-20-36(28-37)32-14-7-5-8-15-32)30-42(43)41-26-24-40(31-44(41)49(48,3)4)47-51-45(34-17-9-6-10-18-34)50-46(52-47)39-23-22-33-16-11-12-19-35(33)29-39/h5-31H,1-4H3. The van der Waals surface area contributed by atoms with E-state index < -0.39 is 0 Å². The lowest BCUT2D eigenvalue weighted by Crippen LogP contribution is -2.43. The van der Waals surface area contributed by atoms with Gasteiger partial charge in [0, 0.05) is 16.7 Å². The highest BCUT2D eigenvalue weighted by atomic mass is 15.0. The van der Waals surface area contributed by atoms with E-state index in [4.69, 9.17) is 15.0 Å². The normalized spacial score (nSPS) is 14.1. The Kier molecular flexibility index (Phi) is 7.48. The summed E-state index contributed by atoms with van der Waals surface area (Å²) in [6.45, 7) is 9.51. The van der Waals surface area contributed by atoms with E-state index >= 15 is 0 Å². The molecule has 0 aliphatic heterocycles. The quantitative estimate of drug-likeness (QED) is 0.183. The fraction of sp³-hybridized carbons (Fsp3) is 0.122. The lowest BCUT2D eigenvalue weighted by Gasteiger charge is -2.48. The molecule has 0 spiro atoms. The van der Waals surface area contributed by atoms with Crippen LogP contribution in [0.2, 0.25) is 0 Å². The van der Waals surface area contributed by atoms with Crippen molar-refractivity contribution >= 4 is 10.8 Å². The first-order chi connectivity index (χ1) is 25.3. The van der Waals surface area contributed by atoms with Crippen LogP contribution < -0.4 is 0 Å². The molecule has 0 N–H and O–H groups in total. The van der Waals surface area contributed by atoms with Gasteiger partial charge in [-0.25, -0.2) is 15.0 Å². The van der Waals surface area contributed by atoms with Crippen molar-refractivity contribution in [3.63, 3.8) is 0 Å². The van der Waals surface area contributed by atoms with Crippen LogP contribution in [0.1, 0.15) is 38.8 Å². The fourth-order valence-electron chi connectivity index (χ4n) is 7.79. The molecule has 52 heavy (non-hydrogen) atoms. The van der Waals surface area contributed by atoms with Gasteiger partial charge in [0.25, 0.3) is 0 Å². The van der Waals surface area contributed by atoms with Gasteiger partial charge in [-0.3, -0.25) is 0 Å². The first-order valence-corrected chi connectivity index (χ1v) is 18.0. The molecule has 0 atom stereocenters. The molecule has 0 fully saturated rings. The zero-order chi connectivity index (χ0) is 35.5. The minimum atomic E-state index is -0.170. The number of nitrogens with zero attached hydrogens (tertiary/aromatic N) is 3. The predicted octanol–water partition coefficient (Wildman–Crippen LogP) is 12.6. The van der Waals surface area contributed by atoms with Gasteiger partial charge in [0.1, 0.15) is 0 Å². The van der Waals surface area contributed by atoms with E-state index in [0.717, 1.165) is 22.1 Å². The third-order valence-electron chi connectivity index (χ3n) is 11.5. The largest absolute Gasteiger partial charge is 0.208 e. The van der Waals surface area contributed by atoms with Crippen molar-refractivity contribution in [1.82, 2.24) is 15.0 Å². The van der Waals surface area contributed by atoms with Crippen molar-refractivity contribution in [3.05, 3.63) is 175 Å². The van der Waals surface area contributed by atoms with Gasteiger partial charge in [-0.15, -0.1) is 0 Å². The zero-order valence-electron chi connectivity index (χ0n) is 29.9. The molecule has 1 aromatic heterocycles. The lowest BCUT2D eigenvalue weighted by atomic mass is 9.55. The van der Waals surface area contributed by atoms with E-state index in [1.807, 2.05) is 18.2 Å². The van der Waals surface area contributed by atoms with Crippen molar-refractivity contribution in [2.75, 3.05) is 0 Å². The SMILES string of the molecule is CC1(C)c2ccc(-c3cccc(-c4ccccc4)c3)cc2-c2ccc(-c3nc(-c4ccccc4)nc(-c4ccc5ccccc5c4)n3)cc2C1(C)C. The summed E-state index contributed by atoms with van der Waals surface area (Å²) in [5, 5.41) is 2.35. The van der Waals surface area contributed by atoms with Crippen LogP contribution in [-0.2, 0) is 10.8 Å². The molecule has 0 radical (unpaired) electrons.